The van der Waals surface area contributed by atoms with Gasteiger partial charge in [0.25, 0.3) is 0 Å². The van der Waals surface area contributed by atoms with Gasteiger partial charge in [0, 0.05) is 23.2 Å². The molecule has 0 spiro atoms. The molecule has 4 nitrogen and oxygen atoms in total. The van der Waals surface area contributed by atoms with E-state index in [0.717, 1.165) is 21.8 Å². The Kier molecular flexibility index (Phi) is 5.61. The van der Waals surface area contributed by atoms with Crippen LogP contribution in [0.25, 0.3) is 0 Å². The van der Waals surface area contributed by atoms with Crippen LogP contribution < -0.4 is 10.6 Å². The van der Waals surface area contributed by atoms with E-state index in [1.54, 1.807) is 0 Å². The Morgan fingerprint density at radius 1 is 0.909 bits per heavy atom. The van der Waals surface area contributed by atoms with Crippen molar-refractivity contribution < 1.29 is 9.59 Å². The third-order valence-electron chi connectivity index (χ3n) is 2.88. The second kappa shape index (κ2) is 7.66. The largest absolute Gasteiger partial charge is 0.326 e. The summed E-state index contributed by atoms with van der Waals surface area (Å²) in [5.41, 5.74) is 2.71. The normalized spacial score (nSPS) is 10.1. The molecule has 0 aromatic heterocycles. The summed E-state index contributed by atoms with van der Waals surface area (Å²) < 4.78 is 0. The number of anilines is 2. The molecule has 2 rings (SSSR count). The minimum Gasteiger partial charge on any atom is -0.326 e. The molecule has 0 aliphatic rings. The van der Waals surface area contributed by atoms with Crippen molar-refractivity contribution in [3.8, 4) is 0 Å². The molecule has 2 aromatic rings. The van der Waals surface area contributed by atoms with E-state index >= 15 is 0 Å². The van der Waals surface area contributed by atoms with E-state index < -0.39 is 0 Å². The van der Waals surface area contributed by atoms with E-state index in [-0.39, 0.29) is 11.8 Å². The Labute approximate surface area is 134 Å². The van der Waals surface area contributed by atoms with Crippen molar-refractivity contribution >= 4 is 35.0 Å². The van der Waals surface area contributed by atoms with Gasteiger partial charge >= 0.3 is 0 Å². The fourth-order valence-electron chi connectivity index (χ4n) is 1.82. The first-order valence-electron chi connectivity index (χ1n) is 6.90. The monoisotopic (exact) mass is 314 g/mol. The van der Waals surface area contributed by atoms with E-state index in [2.05, 4.69) is 10.6 Å². The summed E-state index contributed by atoms with van der Waals surface area (Å²) >= 11 is 1.45. The molecule has 114 valence electrons. The zero-order chi connectivity index (χ0) is 15.9. The Morgan fingerprint density at radius 3 is 2.05 bits per heavy atom. The van der Waals surface area contributed by atoms with Gasteiger partial charge in [-0.05, 0) is 43.3 Å². The highest BCUT2D eigenvalue weighted by Gasteiger charge is 2.04. The van der Waals surface area contributed by atoms with E-state index in [1.165, 1.54) is 18.7 Å². The van der Waals surface area contributed by atoms with Crippen LogP contribution in [0.2, 0.25) is 0 Å². The zero-order valence-electron chi connectivity index (χ0n) is 12.6. The lowest BCUT2D eigenvalue weighted by Gasteiger charge is -2.06. The number of hydrogen-bond donors (Lipinski definition) is 2. The average molecular weight is 314 g/mol. The molecule has 0 saturated heterocycles. The molecule has 2 amide bonds. The Bertz CT molecular complexity index is 651. The lowest BCUT2D eigenvalue weighted by atomic mass is 10.2. The number of benzene rings is 2. The third kappa shape index (κ3) is 5.26. The third-order valence-corrected chi connectivity index (χ3v) is 3.89. The van der Waals surface area contributed by atoms with Gasteiger partial charge in [0.2, 0.25) is 11.8 Å². The molecule has 0 atom stereocenters. The van der Waals surface area contributed by atoms with Crippen molar-refractivity contribution in [2.24, 2.45) is 0 Å². The number of carbonyl (C=O) groups is 2. The van der Waals surface area contributed by atoms with E-state index in [1.807, 2.05) is 55.5 Å². The number of nitrogens with one attached hydrogen (secondary N) is 2. The fraction of sp³-hybridized carbons (Fsp3) is 0.176. The van der Waals surface area contributed by atoms with E-state index in [4.69, 9.17) is 0 Å². The molecule has 0 bridgehead atoms. The second-order valence-corrected chi connectivity index (χ2v) is 5.96. The first-order chi connectivity index (χ1) is 10.5. The standard InChI is InChI=1S/C17H18N2O2S/c1-12-3-5-15(6-4-12)19-17(21)11-22-16-9-7-14(8-10-16)18-13(2)20/h3-10H,11H2,1-2H3,(H,18,20)(H,19,21). The van der Waals surface area contributed by atoms with Gasteiger partial charge in [-0.1, -0.05) is 17.7 Å². The van der Waals surface area contributed by atoms with Crippen molar-refractivity contribution in [3.05, 3.63) is 54.1 Å². The average Bonchev–Trinajstić information content (AvgIpc) is 2.48. The molecule has 2 aromatic carbocycles. The van der Waals surface area contributed by atoms with Gasteiger partial charge in [-0.25, -0.2) is 0 Å². The molecule has 0 fully saturated rings. The number of aryl methyl sites for hydroxylation is 1. The summed E-state index contributed by atoms with van der Waals surface area (Å²) in [7, 11) is 0. The summed E-state index contributed by atoms with van der Waals surface area (Å²) in [5.74, 6) is 0.200. The lowest BCUT2D eigenvalue weighted by Crippen LogP contribution is -2.13. The van der Waals surface area contributed by atoms with Crippen molar-refractivity contribution in [1.29, 1.82) is 0 Å². The van der Waals surface area contributed by atoms with Gasteiger partial charge in [0.1, 0.15) is 0 Å². The molecule has 0 aliphatic carbocycles. The minimum atomic E-state index is -0.0992. The maximum atomic E-state index is 11.9. The molecule has 0 heterocycles. The van der Waals surface area contributed by atoms with Gasteiger partial charge < -0.3 is 10.6 Å². The molecule has 2 N–H and O–H groups in total. The van der Waals surface area contributed by atoms with Gasteiger partial charge in [-0.15, -0.1) is 11.8 Å². The lowest BCUT2D eigenvalue weighted by molar-refractivity contribution is -0.114. The van der Waals surface area contributed by atoms with E-state index in [9.17, 15) is 9.59 Å². The van der Waals surface area contributed by atoms with Crippen molar-refractivity contribution in [1.82, 2.24) is 0 Å². The zero-order valence-corrected chi connectivity index (χ0v) is 13.4. The predicted octanol–water partition coefficient (Wildman–Crippen LogP) is 3.68. The Balaban J connectivity index is 1.83. The van der Waals surface area contributed by atoms with Crippen LogP contribution in [0.5, 0.6) is 0 Å². The van der Waals surface area contributed by atoms with Crippen LogP contribution in [0, 0.1) is 6.92 Å². The topological polar surface area (TPSA) is 58.2 Å². The van der Waals surface area contributed by atoms with Gasteiger partial charge in [-0.2, -0.15) is 0 Å². The highest BCUT2D eigenvalue weighted by atomic mass is 32.2. The fourth-order valence-corrected chi connectivity index (χ4v) is 2.52. The van der Waals surface area contributed by atoms with Crippen LogP contribution in [0.1, 0.15) is 12.5 Å². The maximum absolute atomic E-state index is 11.9. The Morgan fingerprint density at radius 2 is 1.45 bits per heavy atom. The number of thioether (sulfide) groups is 1. The maximum Gasteiger partial charge on any atom is 0.234 e. The molecule has 0 aliphatic heterocycles. The van der Waals surface area contributed by atoms with Crippen molar-refractivity contribution in [3.63, 3.8) is 0 Å². The van der Waals surface area contributed by atoms with Crippen molar-refractivity contribution in [2.45, 2.75) is 18.7 Å². The smallest absolute Gasteiger partial charge is 0.234 e. The minimum absolute atomic E-state index is 0.0419. The summed E-state index contributed by atoms with van der Waals surface area (Å²) in [6.07, 6.45) is 0. The molecule has 22 heavy (non-hydrogen) atoms. The van der Waals surface area contributed by atoms with Crippen LogP contribution in [0.4, 0.5) is 11.4 Å². The first-order valence-corrected chi connectivity index (χ1v) is 7.88. The number of amides is 2. The summed E-state index contributed by atoms with van der Waals surface area (Å²) in [6, 6.07) is 15.1. The first kappa shape index (κ1) is 16.1. The van der Waals surface area contributed by atoms with Crippen LogP contribution in [0.15, 0.2) is 53.4 Å². The van der Waals surface area contributed by atoms with Crippen LogP contribution >= 0.6 is 11.8 Å². The van der Waals surface area contributed by atoms with Crippen LogP contribution in [0.3, 0.4) is 0 Å². The van der Waals surface area contributed by atoms with Crippen LogP contribution in [-0.4, -0.2) is 17.6 Å². The quantitative estimate of drug-likeness (QED) is 0.828. The highest BCUT2D eigenvalue weighted by molar-refractivity contribution is 8.00. The van der Waals surface area contributed by atoms with Gasteiger partial charge in [0.05, 0.1) is 5.75 Å². The summed E-state index contributed by atoms with van der Waals surface area (Å²) in [5, 5.41) is 5.57. The van der Waals surface area contributed by atoms with Crippen molar-refractivity contribution in [2.75, 3.05) is 16.4 Å². The number of carbonyl (C=O) groups excluding carboxylic acids is 2. The van der Waals surface area contributed by atoms with Crippen LogP contribution in [-0.2, 0) is 9.59 Å². The SMILES string of the molecule is CC(=O)Nc1ccc(SCC(=O)Nc2ccc(C)cc2)cc1. The molecule has 5 heteroatoms. The molecule has 0 radical (unpaired) electrons. The molecule has 0 unspecified atom stereocenters. The molecular formula is C17H18N2O2S. The summed E-state index contributed by atoms with van der Waals surface area (Å²) in [6.45, 7) is 3.48. The van der Waals surface area contributed by atoms with Gasteiger partial charge in [0.15, 0.2) is 0 Å². The predicted molar refractivity (Wildman–Crippen MR) is 91.3 cm³/mol. The second-order valence-electron chi connectivity index (χ2n) is 4.91. The molecule has 0 saturated carbocycles. The molecular weight excluding hydrogens is 296 g/mol. The summed E-state index contributed by atoms with van der Waals surface area (Å²) in [4.78, 5) is 23.8. The van der Waals surface area contributed by atoms with Gasteiger partial charge in [-0.3, -0.25) is 9.59 Å². The number of hydrogen-bond acceptors (Lipinski definition) is 3. The number of rotatable bonds is 5. The van der Waals surface area contributed by atoms with E-state index in [0.29, 0.717) is 5.75 Å². The highest BCUT2D eigenvalue weighted by Crippen LogP contribution is 2.20. The Hall–Kier alpha value is -2.27.